The monoisotopic (exact) mass is 382 g/mol. The summed E-state index contributed by atoms with van der Waals surface area (Å²) in [5.74, 6) is 0.215. The van der Waals surface area contributed by atoms with Gasteiger partial charge in [-0.2, -0.15) is 8.42 Å². The normalized spacial score (nSPS) is 16.2. The molecule has 1 saturated heterocycles. The molecule has 0 saturated carbocycles. The van der Waals surface area contributed by atoms with E-state index >= 15 is 0 Å². The third-order valence-corrected chi connectivity index (χ3v) is 5.41. The van der Waals surface area contributed by atoms with Gasteiger partial charge >= 0.3 is 0 Å². The third-order valence-electron chi connectivity index (χ3n) is 4.80. The molecule has 1 aromatic carbocycles. The van der Waals surface area contributed by atoms with Crippen LogP contribution in [0, 0.1) is 11.7 Å². The van der Waals surface area contributed by atoms with Crippen molar-refractivity contribution in [1.29, 1.82) is 0 Å². The molecule has 3 rings (SSSR count). The van der Waals surface area contributed by atoms with Crippen LogP contribution in [0.25, 0.3) is 10.9 Å². The van der Waals surface area contributed by atoms with Crippen LogP contribution in [-0.2, 0) is 10.2 Å². The molecular formula is C17H23FN4O3S. The molecule has 7 nitrogen and oxygen atoms in total. The van der Waals surface area contributed by atoms with E-state index in [4.69, 9.17) is 9.88 Å². The van der Waals surface area contributed by atoms with Crippen molar-refractivity contribution in [3.63, 3.8) is 0 Å². The van der Waals surface area contributed by atoms with Gasteiger partial charge in [-0.3, -0.25) is 4.98 Å². The smallest absolute Gasteiger partial charge is 0.274 e. The van der Waals surface area contributed by atoms with Crippen LogP contribution in [0.5, 0.6) is 5.75 Å². The number of nitrogens with two attached hydrogens (primary N) is 1. The highest BCUT2D eigenvalue weighted by molar-refractivity contribution is 7.87. The molecule has 0 radical (unpaired) electrons. The van der Waals surface area contributed by atoms with Crippen LogP contribution in [0.3, 0.4) is 0 Å². The Kier molecular flexibility index (Phi) is 5.59. The van der Waals surface area contributed by atoms with Gasteiger partial charge in [0.05, 0.1) is 12.6 Å². The predicted molar refractivity (Wildman–Crippen MR) is 98.9 cm³/mol. The molecule has 0 spiro atoms. The number of rotatable bonds is 6. The first kappa shape index (κ1) is 18.8. The Morgan fingerprint density at radius 1 is 1.38 bits per heavy atom. The van der Waals surface area contributed by atoms with E-state index in [1.807, 2.05) is 6.07 Å². The summed E-state index contributed by atoms with van der Waals surface area (Å²) in [6.45, 7) is 2.01. The quantitative estimate of drug-likeness (QED) is 0.794. The number of anilines is 1. The molecule has 1 aromatic heterocycles. The first-order chi connectivity index (χ1) is 12.4. The van der Waals surface area contributed by atoms with Crippen molar-refractivity contribution in [3.8, 4) is 5.75 Å². The van der Waals surface area contributed by atoms with Crippen molar-refractivity contribution in [2.75, 3.05) is 31.6 Å². The molecule has 9 heteroatoms. The zero-order chi connectivity index (χ0) is 18.7. The number of benzene rings is 1. The number of nitrogens with zero attached hydrogens (tertiary/aromatic N) is 2. The van der Waals surface area contributed by atoms with Gasteiger partial charge in [0.2, 0.25) is 0 Å². The standard InChI is InChI=1S/C17H23FN4O3S/c1-25-17-11-15-13(10-14(17)18)16(3-6-20-15)22-8-4-12(5-9-22)2-7-21-26(19,23)24/h3,6,10-12,21H,2,4-5,7-9H2,1H3,(H2,19,23,24). The number of aromatic nitrogens is 1. The molecule has 142 valence electrons. The van der Waals surface area contributed by atoms with Crippen LogP contribution in [0.15, 0.2) is 24.4 Å². The molecule has 2 heterocycles. The molecule has 3 N–H and O–H groups in total. The van der Waals surface area contributed by atoms with Crippen molar-refractivity contribution < 1.29 is 17.5 Å². The highest BCUT2D eigenvalue weighted by atomic mass is 32.2. The second-order valence-corrected chi connectivity index (χ2v) is 7.87. The molecule has 0 atom stereocenters. The molecule has 0 bridgehead atoms. The van der Waals surface area contributed by atoms with Crippen molar-refractivity contribution in [2.24, 2.45) is 11.1 Å². The Morgan fingerprint density at radius 3 is 2.77 bits per heavy atom. The summed E-state index contributed by atoms with van der Waals surface area (Å²) in [5, 5.41) is 5.71. The topological polar surface area (TPSA) is 97.5 Å². The molecule has 0 amide bonds. The maximum Gasteiger partial charge on any atom is 0.274 e. The van der Waals surface area contributed by atoms with Crippen molar-refractivity contribution >= 4 is 26.8 Å². The van der Waals surface area contributed by atoms with Crippen LogP contribution in [-0.4, -0.2) is 40.1 Å². The fraction of sp³-hybridized carbons (Fsp3) is 0.471. The van der Waals surface area contributed by atoms with E-state index in [0.717, 1.165) is 43.4 Å². The largest absolute Gasteiger partial charge is 0.494 e. The maximum atomic E-state index is 14.1. The lowest BCUT2D eigenvalue weighted by molar-refractivity contribution is 0.382. The summed E-state index contributed by atoms with van der Waals surface area (Å²) < 4.78 is 43.3. The van der Waals surface area contributed by atoms with Crippen LogP contribution >= 0.6 is 0 Å². The first-order valence-electron chi connectivity index (χ1n) is 8.52. The Hall–Kier alpha value is -1.97. The summed E-state index contributed by atoms with van der Waals surface area (Å²) in [4.78, 5) is 6.54. The van der Waals surface area contributed by atoms with Gasteiger partial charge in [0.25, 0.3) is 10.2 Å². The maximum absolute atomic E-state index is 14.1. The zero-order valence-corrected chi connectivity index (χ0v) is 15.4. The molecule has 0 aliphatic carbocycles. The lowest BCUT2D eigenvalue weighted by Gasteiger charge is -2.34. The average molecular weight is 382 g/mol. The van der Waals surface area contributed by atoms with Gasteiger partial charge in [-0.15, -0.1) is 0 Å². The molecule has 1 aliphatic heterocycles. The number of methoxy groups -OCH3 is 1. The van der Waals surface area contributed by atoms with Gasteiger partial charge in [0, 0.05) is 43.0 Å². The number of fused-ring (bicyclic) bond motifs is 1. The summed E-state index contributed by atoms with van der Waals surface area (Å²) >= 11 is 0. The van der Waals surface area contributed by atoms with E-state index in [9.17, 15) is 12.8 Å². The van der Waals surface area contributed by atoms with Gasteiger partial charge in [-0.25, -0.2) is 14.3 Å². The SMILES string of the molecule is COc1cc2nccc(N3CCC(CCNS(N)(=O)=O)CC3)c2cc1F. The lowest BCUT2D eigenvalue weighted by Crippen LogP contribution is -2.36. The van der Waals surface area contributed by atoms with Gasteiger partial charge in [-0.1, -0.05) is 0 Å². The van der Waals surface area contributed by atoms with E-state index in [-0.39, 0.29) is 5.75 Å². The van der Waals surface area contributed by atoms with Gasteiger partial charge in [-0.05, 0) is 37.3 Å². The minimum atomic E-state index is -3.63. The van der Waals surface area contributed by atoms with Crippen LogP contribution < -0.4 is 19.5 Å². The number of hydrogen-bond donors (Lipinski definition) is 2. The van der Waals surface area contributed by atoms with Crippen molar-refractivity contribution in [2.45, 2.75) is 19.3 Å². The van der Waals surface area contributed by atoms with E-state index in [2.05, 4.69) is 14.6 Å². The fourth-order valence-electron chi connectivity index (χ4n) is 3.43. The van der Waals surface area contributed by atoms with Crippen LogP contribution in [0.1, 0.15) is 19.3 Å². The number of ether oxygens (including phenoxy) is 1. The first-order valence-corrected chi connectivity index (χ1v) is 10.1. The van der Waals surface area contributed by atoms with Gasteiger partial charge in [0.1, 0.15) is 0 Å². The Morgan fingerprint density at radius 2 is 2.12 bits per heavy atom. The van der Waals surface area contributed by atoms with Crippen LogP contribution in [0.2, 0.25) is 0 Å². The van der Waals surface area contributed by atoms with Gasteiger partial charge in [0.15, 0.2) is 11.6 Å². The highest BCUT2D eigenvalue weighted by Gasteiger charge is 2.21. The molecular weight excluding hydrogens is 359 g/mol. The number of piperidine rings is 1. The third kappa shape index (κ3) is 4.40. The summed E-state index contributed by atoms with van der Waals surface area (Å²) in [5.41, 5.74) is 1.65. The minimum absolute atomic E-state index is 0.184. The summed E-state index contributed by atoms with van der Waals surface area (Å²) in [6, 6.07) is 4.98. The summed E-state index contributed by atoms with van der Waals surface area (Å²) in [7, 11) is -2.19. The number of pyridine rings is 1. The molecule has 2 aromatic rings. The second kappa shape index (κ2) is 7.73. The Bertz CT molecular complexity index is 883. The zero-order valence-electron chi connectivity index (χ0n) is 14.6. The summed E-state index contributed by atoms with van der Waals surface area (Å²) in [6.07, 6.45) is 4.35. The van der Waals surface area contributed by atoms with E-state index < -0.39 is 16.0 Å². The highest BCUT2D eigenvalue weighted by Crippen LogP contribution is 2.33. The van der Waals surface area contributed by atoms with Crippen LogP contribution in [0.4, 0.5) is 10.1 Å². The number of halogens is 1. The molecule has 26 heavy (non-hydrogen) atoms. The molecule has 1 aliphatic rings. The lowest BCUT2D eigenvalue weighted by atomic mass is 9.93. The van der Waals surface area contributed by atoms with Crippen molar-refractivity contribution in [3.05, 3.63) is 30.2 Å². The van der Waals surface area contributed by atoms with Crippen molar-refractivity contribution in [1.82, 2.24) is 9.71 Å². The fourth-order valence-corrected chi connectivity index (χ4v) is 3.83. The predicted octanol–water partition coefficient (Wildman–Crippen LogP) is 1.78. The van der Waals surface area contributed by atoms with E-state index in [1.54, 1.807) is 12.3 Å². The van der Waals surface area contributed by atoms with Gasteiger partial charge < -0.3 is 9.64 Å². The number of hydrogen-bond acceptors (Lipinski definition) is 5. The Balaban J connectivity index is 1.69. The number of nitrogens with one attached hydrogen (secondary N) is 1. The van der Waals surface area contributed by atoms with E-state index in [1.165, 1.54) is 13.2 Å². The molecule has 0 unspecified atom stereocenters. The van der Waals surface area contributed by atoms with E-state index in [0.29, 0.717) is 18.0 Å². The molecule has 1 fully saturated rings. The second-order valence-electron chi connectivity index (χ2n) is 6.49. The minimum Gasteiger partial charge on any atom is -0.494 e. The Labute approximate surface area is 152 Å². The average Bonchev–Trinajstić information content (AvgIpc) is 2.60.